The van der Waals surface area contributed by atoms with Crippen LogP contribution in [0.3, 0.4) is 0 Å². The maximum atomic E-state index is 9.87. The molecule has 0 saturated carbocycles. The van der Waals surface area contributed by atoms with E-state index in [1.807, 2.05) is 42.5 Å². The van der Waals surface area contributed by atoms with Gasteiger partial charge in [-0.2, -0.15) is 21.0 Å². The number of hydrogen-bond acceptors (Lipinski definition) is 4. The van der Waals surface area contributed by atoms with E-state index < -0.39 is 10.8 Å². The first kappa shape index (κ1) is 14.4. The number of allylic oxidation sites excluding steroid dienone is 2. The average Bonchev–Trinajstić information content (AvgIpc) is 2.98. The Morgan fingerprint density at radius 1 is 1.00 bits per heavy atom. The Labute approximate surface area is 133 Å². The van der Waals surface area contributed by atoms with Gasteiger partial charge in [-0.05, 0) is 25.5 Å². The van der Waals surface area contributed by atoms with Gasteiger partial charge in [0.25, 0.3) is 0 Å². The summed E-state index contributed by atoms with van der Waals surface area (Å²) in [4.78, 5) is 3.23. The highest BCUT2D eigenvalue weighted by atomic mass is 14.8. The summed E-state index contributed by atoms with van der Waals surface area (Å²) in [6, 6.07) is 15.5. The van der Waals surface area contributed by atoms with E-state index in [4.69, 9.17) is 0 Å². The number of nitriles is 4. The summed E-state index contributed by atoms with van der Waals surface area (Å²) in [7, 11) is 0. The van der Waals surface area contributed by atoms with Gasteiger partial charge in [0.1, 0.15) is 5.41 Å². The van der Waals surface area contributed by atoms with E-state index in [9.17, 15) is 21.0 Å². The quantitative estimate of drug-likeness (QED) is 0.804. The lowest BCUT2D eigenvalue weighted by atomic mass is 9.55. The van der Waals surface area contributed by atoms with Crippen molar-refractivity contribution < 1.29 is 0 Å². The minimum atomic E-state index is -1.83. The highest BCUT2D eigenvalue weighted by Crippen LogP contribution is 2.55. The standard InChI is InChI=1S/C18H11N5/c1-11-13(7-19)18(9-21,10-22)17(2,8-20)15-12-5-3-4-6-14(12)23-16(11)15/h3-6,23H,1-2H3. The normalized spacial score (nSPS) is 21.7. The van der Waals surface area contributed by atoms with Crippen LogP contribution in [0.25, 0.3) is 16.5 Å². The number of aromatic nitrogens is 1. The van der Waals surface area contributed by atoms with Gasteiger partial charge in [-0.25, -0.2) is 0 Å². The predicted octanol–water partition coefficient (Wildman–Crippen LogP) is 3.29. The number of para-hydroxylation sites is 1. The summed E-state index contributed by atoms with van der Waals surface area (Å²) in [5, 5.41) is 39.7. The second-order valence-electron chi connectivity index (χ2n) is 5.74. The van der Waals surface area contributed by atoms with Gasteiger partial charge in [-0.1, -0.05) is 18.2 Å². The molecule has 1 atom stereocenters. The molecule has 1 unspecified atom stereocenters. The van der Waals surface area contributed by atoms with Crippen molar-refractivity contribution in [2.75, 3.05) is 0 Å². The molecule has 0 saturated heterocycles. The van der Waals surface area contributed by atoms with Crippen molar-refractivity contribution in [3.05, 3.63) is 41.1 Å². The van der Waals surface area contributed by atoms with Crippen LogP contribution in [0.15, 0.2) is 29.8 Å². The van der Waals surface area contributed by atoms with E-state index in [-0.39, 0.29) is 5.57 Å². The number of hydrogen-bond donors (Lipinski definition) is 1. The largest absolute Gasteiger partial charge is 0.354 e. The van der Waals surface area contributed by atoms with E-state index in [2.05, 4.69) is 11.1 Å². The molecule has 1 aromatic carbocycles. The lowest BCUT2D eigenvalue weighted by Gasteiger charge is -2.38. The number of H-pyrrole nitrogens is 1. The van der Waals surface area contributed by atoms with Crippen LogP contribution in [-0.4, -0.2) is 4.98 Å². The summed E-state index contributed by atoms with van der Waals surface area (Å²) in [6.45, 7) is 3.26. The molecule has 5 heteroatoms. The first-order chi connectivity index (χ1) is 11.0. The highest BCUT2D eigenvalue weighted by molar-refractivity contribution is 5.95. The lowest BCUT2D eigenvalue weighted by molar-refractivity contribution is 0.412. The van der Waals surface area contributed by atoms with Crippen LogP contribution < -0.4 is 0 Å². The van der Waals surface area contributed by atoms with E-state index >= 15 is 0 Å². The van der Waals surface area contributed by atoms with Crippen molar-refractivity contribution in [1.82, 2.24) is 4.98 Å². The van der Waals surface area contributed by atoms with Gasteiger partial charge in [0.2, 0.25) is 5.41 Å². The van der Waals surface area contributed by atoms with Gasteiger partial charge in [-0.15, -0.1) is 0 Å². The monoisotopic (exact) mass is 297 g/mol. The third-order valence-corrected chi connectivity index (χ3v) is 4.75. The number of fused-ring (bicyclic) bond motifs is 3. The van der Waals surface area contributed by atoms with Crippen molar-refractivity contribution in [3.8, 4) is 24.3 Å². The maximum absolute atomic E-state index is 9.87. The van der Waals surface area contributed by atoms with Crippen LogP contribution >= 0.6 is 0 Å². The molecule has 23 heavy (non-hydrogen) atoms. The van der Waals surface area contributed by atoms with E-state index in [0.29, 0.717) is 16.8 Å². The third-order valence-electron chi connectivity index (χ3n) is 4.75. The van der Waals surface area contributed by atoms with Gasteiger partial charge in [-0.3, -0.25) is 0 Å². The van der Waals surface area contributed by atoms with Crippen LogP contribution in [0.2, 0.25) is 0 Å². The number of aromatic amines is 1. The van der Waals surface area contributed by atoms with Gasteiger partial charge >= 0.3 is 0 Å². The zero-order chi connectivity index (χ0) is 16.8. The molecule has 1 heterocycles. The van der Waals surface area contributed by atoms with Gasteiger partial charge in [0.05, 0.1) is 29.8 Å². The van der Waals surface area contributed by atoms with E-state index in [1.54, 1.807) is 13.8 Å². The second kappa shape index (κ2) is 4.48. The summed E-state index contributed by atoms with van der Waals surface area (Å²) in [6.07, 6.45) is 0. The molecule has 3 rings (SSSR count). The minimum Gasteiger partial charge on any atom is -0.354 e. The number of rotatable bonds is 0. The first-order valence-electron chi connectivity index (χ1n) is 6.97. The van der Waals surface area contributed by atoms with Gasteiger partial charge in [0.15, 0.2) is 0 Å². The SMILES string of the molecule is CC1=C(C#N)C(C#N)(C#N)C(C)(C#N)c2c1[nH]c1ccccc21. The van der Waals surface area contributed by atoms with Crippen LogP contribution in [0.5, 0.6) is 0 Å². The van der Waals surface area contributed by atoms with Gasteiger partial charge in [0, 0.05) is 22.2 Å². The number of benzene rings is 1. The molecule has 0 amide bonds. The van der Waals surface area contributed by atoms with Crippen LogP contribution in [0.4, 0.5) is 0 Å². The Kier molecular flexibility index (Phi) is 2.80. The summed E-state index contributed by atoms with van der Waals surface area (Å²) in [5.41, 5.74) is -0.653. The average molecular weight is 297 g/mol. The number of nitrogens with one attached hydrogen (secondary N) is 1. The minimum absolute atomic E-state index is 0.0330. The predicted molar refractivity (Wildman–Crippen MR) is 83.1 cm³/mol. The molecule has 1 aliphatic carbocycles. The molecular weight excluding hydrogens is 286 g/mol. The lowest BCUT2D eigenvalue weighted by Crippen LogP contribution is -2.45. The number of nitrogens with zero attached hydrogens (tertiary/aromatic N) is 4. The summed E-state index contributed by atoms with van der Waals surface area (Å²) < 4.78 is 0. The smallest absolute Gasteiger partial charge is 0.200 e. The van der Waals surface area contributed by atoms with E-state index in [0.717, 1.165) is 10.9 Å². The van der Waals surface area contributed by atoms with Crippen molar-refractivity contribution in [2.24, 2.45) is 5.41 Å². The van der Waals surface area contributed by atoms with Crippen molar-refractivity contribution in [2.45, 2.75) is 19.3 Å². The second-order valence-corrected chi connectivity index (χ2v) is 5.74. The molecule has 1 N–H and O–H groups in total. The fourth-order valence-corrected chi connectivity index (χ4v) is 3.45. The fourth-order valence-electron chi connectivity index (χ4n) is 3.45. The molecule has 0 fully saturated rings. The molecule has 0 aliphatic heterocycles. The Hall–Kier alpha value is -3.54. The van der Waals surface area contributed by atoms with Crippen molar-refractivity contribution >= 4 is 16.5 Å². The Morgan fingerprint density at radius 3 is 2.22 bits per heavy atom. The zero-order valence-corrected chi connectivity index (χ0v) is 12.6. The first-order valence-corrected chi connectivity index (χ1v) is 6.97. The zero-order valence-electron chi connectivity index (χ0n) is 12.6. The molecule has 1 aliphatic rings. The molecule has 0 radical (unpaired) electrons. The molecule has 0 bridgehead atoms. The molecule has 0 spiro atoms. The molecule has 2 aromatic rings. The van der Waals surface area contributed by atoms with Crippen LogP contribution in [-0.2, 0) is 5.41 Å². The summed E-state index contributed by atoms with van der Waals surface area (Å²) in [5.74, 6) is 0. The Balaban J connectivity index is 2.62. The fraction of sp³-hybridized carbons (Fsp3) is 0.222. The molecular formula is C18H11N5. The topological polar surface area (TPSA) is 111 Å². The van der Waals surface area contributed by atoms with Gasteiger partial charge < -0.3 is 4.98 Å². The van der Waals surface area contributed by atoms with Crippen molar-refractivity contribution in [3.63, 3.8) is 0 Å². The van der Waals surface area contributed by atoms with Crippen LogP contribution in [0.1, 0.15) is 25.1 Å². The van der Waals surface area contributed by atoms with Crippen LogP contribution in [0, 0.1) is 50.7 Å². The Bertz CT molecular complexity index is 1030. The third kappa shape index (κ3) is 1.41. The molecule has 1 aromatic heterocycles. The molecule has 108 valence electrons. The van der Waals surface area contributed by atoms with E-state index in [1.165, 1.54) is 0 Å². The molecule has 5 nitrogen and oxygen atoms in total. The maximum Gasteiger partial charge on any atom is 0.200 e. The van der Waals surface area contributed by atoms with Crippen molar-refractivity contribution in [1.29, 1.82) is 21.0 Å². The highest BCUT2D eigenvalue weighted by Gasteiger charge is 2.59. The summed E-state index contributed by atoms with van der Waals surface area (Å²) >= 11 is 0. The Morgan fingerprint density at radius 2 is 1.65 bits per heavy atom.